The van der Waals surface area contributed by atoms with Crippen molar-refractivity contribution in [3.8, 4) is 17.2 Å². The topological polar surface area (TPSA) is 61.6 Å². The molecule has 2 aromatic carbocycles. The summed E-state index contributed by atoms with van der Waals surface area (Å²) in [5.74, 6) is 3.16. The Kier molecular flexibility index (Phi) is 7.91. The van der Waals surface area contributed by atoms with Crippen molar-refractivity contribution in [2.45, 2.75) is 18.7 Å². The van der Waals surface area contributed by atoms with Crippen molar-refractivity contribution in [2.24, 2.45) is 0 Å². The number of aryl methyl sites for hydroxylation is 1. The van der Waals surface area contributed by atoms with Gasteiger partial charge < -0.3 is 14.2 Å². The molecule has 1 saturated heterocycles. The first-order valence-corrected chi connectivity index (χ1v) is 11.9. The number of rotatable bonds is 9. The van der Waals surface area contributed by atoms with Crippen LogP contribution in [0.15, 0.2) is 47.6 Å². The molecule has 0 spiro atoms. The Balaban J connectivity index is 1.51. The molecule has 7 nitrogen and oxygen atoms in total. The Morgan fingerprint density at radius 3 is 2.53 bits per heavy atom. The first-order chi connectivity index (χ1) is 15.6. The van der Waals surface area contributed by atoms with E-state index in [1.165, 1.54) is 0 Å². The van der Waals surface area contributed by atoms with Gasteiger partial charge >= 0.3 is 0 Å². The molecule has 1 aliphatic rings. The fraction of sp³-hybridized carbons (Fsp3) is 0.391. The molecule has 0 amide bonds. The van der Waals surface area contributed by atoms with Crippen molar-refractivity contribution in [3.63, 3.8) is 0 Å². The number of halogens is 1. The summed E-state index contributed by atoms with van der Waals surface area (Å²) < 4.78 is 18.6. The zero-order valence-electron chi connectivity index (χ0n) is 18.3. The smallest absolute Gasteiger partial charge is 0.195 e. The van der Waals surface area contributed by atoms with Crippen LogP contribution in [0.2, 0.25) is 5.02 Å². The van der Waals surface area contributed by atoms with E-state index in [2.05, 4.69) is 15.1 Å². The number of hydrogen-bond donors (Lipinski definition) is 0. The van der Waals surface area contributed by atoms with Crippen molar-refractivity contribution in [2.75, 3.05) is 45.7 Å². The van der Waals surface area contributed by atoms with Gasteiger partial charge in [0.15, 0.2) is 11.0 Å². The van der Waals surface area contributed by atoms with Crippen molar-refractivity contribution >= 4 is 23.4 Å². The maximum absolute atomic E-state index is 6.42. The summed E-state index contributed by atoms with van der Waals surface area (Å²) in [6.45, 7) is 6.81. The SMILES string of the molecule is COc1ccc(OCc2nnc(SCCN3CCOCC3)n2-c2ccc(C)c(Cl)c2)cc1. The van der Waals surface area contributed by atoms with Gasteiger partial charge in [0.1, 0.15) is 18.1 Å². The van der Waals surface area contributed by atoms with Gasteiger partial charge in [-0.1, -0.05) is 29.4 Å². The summed E-state index contributed by atoms with van der Waals surface area (Å²) in [4.78, 5) is 2.41. The third kappa shape index (κ3) is 5.75. The first kappa shape index (κ1) is 22.9. The molecule has 2 heterocycles. The summed E-state index contributed by atoms with van der Waals surface area (Å²) in [7, 11) is 1.64. The molecule has 0 radical (unpaired) electrons. The summed E-state index contributed by atoms with van der Waals surface area (Å²) in [5.41, 5.74) is 1.95. The maximum atomic E-state index is 6.42. The monoisotopic (exact) mass is 474 g/mol. The van der Waals surface area contributed by atoms with Crippen LogP contribution in [0.1, 0.15) is 11.4 Å². The Hall–Kier alpha value is -2.26. The molecule has 1 aromatic heterocycles. The minimum absolute atomic E-state index is 0.287. The quantitative estimate of drug-likeness (QED) is 0.430. The zero-order valence-corrected chi connectivity index (χ0v) is 19.9. The van der Waals surface area contributed by atoms with E-state index in [1.807, 2.05) is 54.0 Å². The minimum atomic E-state index is 0.287. The van der Waals surface area contributed by atoms with Gasteiger partial charge in [0, 0.05) is 30.4 Å². The molecule has 32 heavy (non-hydrogen) atoms. The summed E-state index contributed by atoms with van der Waals surface area (Å²) in [6.07, 6.45) is 0. The number of nitrogens with zero attached hydrogens (tertiary/aromatic N) is 4. The molecule has 4 rings (SSSR count). The molecule has 0 aliphatic carbocycles. The minimum Gasteiger partial charge on any atom is -0.497 e. The molecule has 0 bridgehead atoms. The van der Waals surface area contributed by atoms with Crippen molar-refractivity contribution in [1.82, 2.24) is 19.7 Å². The Bertz CT molecular complexity index is 1020. The highest BCUT2D eigenvalue weighted by Crippen LogP contribution is 2.27. The third-order valence-electron chi connectivity index (χ3n) is 5.28. The van der Waals surface area contributed by atoms with Crippen LogP contribution >= 0.6 is 23.4 Å². The Morgan fingerprint density at radius 1 is 1.06 bits per heavy atom. The molecule has 0 unspecified atom stereocenters. The van der Waals surface area contributed by atoms with E-state index in [9.17, 15) is 0 Å². The van der Waals surface area contributed by atoms with Crippen LogP contribution in [-0.4, -0.2) is 65.4 Å². The average molecular weight is 475 g/mol. The average Bonchev–Trinajstić information content (AvgIpc) is 3.23. The molecule has 0 N–H and O–H groups in total. The highest BCUT2D eigenvalue weighted by atomic mass is 35.5. The molecular formula is C23H27ClN4O3S. The summed E-state index contributed by atoms with van der Waals surface area (Å²) >= 11 is 8.10. The van der Waals surface area contributed by atoms with Gasteiger partial charge in [0.25, 0.3) is 0 Å². The molecule has 3 aromatic rings. The van der Waals surface area contributed by atoms with E-state index in [4.69, 9.17) is 25.8 Å². The number of hydrogen-bond acceptors (Lipinski definition) is 7. The van der Waals surface area contributed by atoms with Crippen molar-refractivity contribution < 1.29 is 14.2 Å². The van der Waals surface area contributed by atoms with Gasteiger partial charge in [0.2, 0.25) is 0 Å². The lowest BCUT2D eigenvalue weighted by atomic mass is 10.2. The van der Waals surface area contributed by atoms with Gasteiger partial charge in [-0.15, -0.1) is 10.2 Å². The van der Waals surface area contributed by atoms with Gasteiger partial charge in [-0.3, -0.25) is 9.47 Å². The maximum Gasteiger partial charge on any atom is 0.195 e. The second-order valence-electron chi connectivity index (χ2n) is 7.43. The molecule has 1 aliphatic heterocycles. The van der Waals surface area contributed by atoms with Crippen LogP contribution < -0.4 is 9.47 Å². The van der Waals surface area contributed by atoms with Crippen LogP contribution in [0.5, 0.6) is 11.5 Å². The number of methoxy groups -OCH3 is 1. The molecule has 1 fully saturated rings. The number of thioether (sulfide) groups is 1. The third-order valence-corrected chi connectivity index (χ3v) is 6.60. The lowest BCUT2D eigenvalue weighted by Crippen LogP contribution is -2.37. The van der Waals surface area contributed by atoms with E-state index >= 15 is 0 Å². The van der Waals surface area contributed by atoms with Crippen molar-refractivity contribution in [3.05, 3.63) is 58.9 Å². The Labute approximate surface area is 197 Å². The van der Waals surface area contributed by atoms with Gasteiger partial charge in [-0.05, 0) is 48.9 Å². The van der Waals surface area contributed by atoms with Crippen LogP contribution in [-0.2, 0) is 11.3 Å². The molecular weight excluding hydrogens is 448 g/mol. The second-order valence-corrected chi connectivity index (χ2v) is 8.90. The predicted molar refractivity (Wildman–Crippen MR) is 126 cm³/mol. The van der Waals surface area contributed by atoms with Crippen LogP contribution in [0.25, 0.3) is 5.69 Å². The predicted octanol–water partition coefficient (Wildman–Crippen LogP) is 4.24. The second kappa shape index (κ2) is 11.0. The van der Waals surface area contributed by atoms with Gasteiger partial charge in [-0.2, -0.15) is 0 Å². The highest BCUT2D eigenvalue weighted by molar-refractivity contribution is 7.99. The van der Waals surface area contributed by atoms with E-state index < -0.39 is 0 Å². The van der Waals surface area contributed by atoms with Crippen LogP contribution in [0, 0.1) is 6.92 Å². The largest absolute Gasteiger partial charge is 0.497 e. The van der Waals surface area contributed by atoms with Gasteiger partial charge in [0.05, 0.1) is 26.0 Å². The fourth-order valence-electron chi connectivity index (χ4n) is 3.38. The lowest BCUT2D eigenvalue weighted by molar-refractivity contribution is 0.0410. The van der Waals surface area contributed by atoms with Crippen molar-refractivity contribution in [1.29, 1.82) is 0 Å². The van der Waals surface area contributed by atoms with E-state index in [1.54, 1.807) is 18.9 Å². The number of benzene rings is 2. The zero-order chi connectivity index (χ0) is 22.3. The van der Waals surface area contributed by atoms with Gasteiger partial charge in [-0.25, -0.2) is 0 Å². The molecule has 9 heteroatoms. The van der Waals surface area contributed by atoms with E-state index in [-0.39, 0.29) is 6.61 Å². The lowest BCUT2D eigenvalue weighted by Gasteiger charge is -2.26. The summed E-state index contributed by atoms with van der Waals surface area (Å²) in [6, 6.07) is 13.5. The summed E-state index contributed by atoms with van der Waals surface area (Å²) in [5, 5.41) is 10.4. The Morgan fingerprint density at radius 2 is 1.81 bits per heavy atom. The highest BCUT2D eigenvalue weighted by Gasteiger charge is 2.17. The number of morpholine rings is 1. The standard InChI is InChI=1S/C23H27ClN4O3S/c1-17-3-4-18(15-21(17)24)28-22(16-31-20-7-5-19(29-2)6-8-20)25-26-23(28)32-14-11-27-9-12-30-13-10-27/h3-8,15H,9-14,16H2,1-2H3. The van der Waals surface area contributed by atoms with Crippen LogP contribution in [0.3, 0.4) is 0 Å². The van der Waals surface area contributed by atoms with E-state index in [0.29, 0.717) is 5.02 Å². The fourth-order valence-corrected chi connectivity index (χ4v) is 4.52. The van der Waals surface area contributed by atoms with E-state index in [0.717, 1.165) is 72.3 Å². The number of ether oxygens (including phenoxy) is 3. The van der Waals surface area contributed by atoms with Crippen LogP contribution in [0.4, 0.5) is 0 Å². The molecule has 170 valence electrons. The number of aromatic nitrogens is 3. The normalized spacial score (nSPS) is 14.5. The first-order valence-electron chi connectivity index (χ1n) is 10.5. The molecule has 0 saturated carbocycles. The molecule has 0 atom stereocenters.